The second-order valence-corrected chi connectivity index (χ2v) is 5.36. The zero-order valence-corrected chi connectivity index (χ0v) is 10.7. The zero-order valence-electron chi connectivity index (χ0n) is 10.7. The molecule has 2 aliphatic rings. The monoisotopic (exact) mass is 223 g/mol. The van der Waals surface area contributed by atoms with Gasteiger partial charge >= 0.3 is 0 Å². The van der Waals surface area contributed by atoms with Crippen molar-refractivity contribution in [1.29, 1.82) is 0 Å². The van der Waals surface area contributed by atoms with Gasteiger partial charge in [0.15, 0.2) is 0 Å². The van der Waals surface area contributed by atoms with E-state index < -0.39 is 0 Å². The summed E-state index contributed by atoms with van der Waals surface area (Å²) < 4.78 is 6.07. The van der Waals surface area contributed by atoms with Crippen LogP contribution in [0, 0.1) is 0 Å². The third-order valence-corrected chi connectivity index (χ3v) is 4.10. The minimum absolute atomic E-state index is 0.0240. The molecule has 2 unspecified atom stereocenters. The molecule has 0 aromatic heterocycles. The molecule has 1 saturated heterocycles. The Morgan fingerprint density at radius 1 is 1.31 bits per heavy atom. The first kappa shape index (κ1) is 12.1. The summed E-state index contributed by atoms with van der Waals surface area (Å²) in [5.74, 6) is 0. The molecule has 1 N–H and O–H groups in total. The van der Waals surface area contributed by atoms with Crippen molar-refractivity contribution in [2.75, 3.05) is 13.7 Å². The van der Waals surface area contributed by atoms with Gasteiger partial charge in [-0.25, -0.2) is 0 Å². The highest BCUT2D eigenvalue weighted by Gasteiger charge is 2.37. The van der Waals surface area contributed by atoms with Crippen LogP contribution in [0.2, 0.25) is 0 Å². The molecule has 2 atom stereocenters. The van der Waals surface area contributed by atoms with E-state index in [-0.39, 0.29) is 5.60 Å². The van der Waals surface area contributed by atoms with Gasteiger partial charge in [-0.3, -0.25) is 0 Å². The molecular formula is C14H25NO. The SMILES string of the molecule is CNC(C1=CCCCC1)C1(C)CCCCO1. The highest BCUT2D eigenvalue weighted by Crippen LogP contribution is 2.34. The highest BCUT2D eigenvalue weighted by molar-refractivity contribution is 5.18. The molecule has 92 valence electrons. The molecule has 0 aromatic rings. The van der Waals surface area contributed by atoms with Crippen molar-refractivity contribution >= 4 is 0 Å². The minimum atomic E-state index is 0.0240. The van der Waals surface area contributed by atoms with E-state index in [9.17, 15) is 0 Å². The molecule has 1 heterocycles. The van der Waals surface area contributed by atoms with E-state index >= 15 is 0 Å². The maximum atomic E-state index is 6.07. The second kappa shape index (κ2) is 5.33. The Bertz CT molecular complexity index is 253. The van der Waals surface area contributed by atoms with Gasteiger partial charge < -0.3 is 10.1 Å². The highest BCUT2D eigenvalue weighted by atomic mass is 16.5. The summed E-state index contributed by atoms with van der Waals surface area (Å²) in [5, 5.41) is 3.49. The largest absolute Gasteiger partial charge is 0.373 e. The summed E-state index contributed by atoms with van der Waals surface area (Å²) in [6.45, 7) is 3.21. The number of nitrogens with one attached hydrogen (secondary N) is 1. The van der Waals surface area contributed by atoms with E-state index in [0.29, 0.717) is 6.04 Å². The van der Waals surface area contributed by atoms with Gasteiger partial charge in [-0.05, 0) is 58.9 Å². The Hall–Kier alpha value is -0.340. The smallest absolute Gasteiger partial charge is 0.0844 e. The van der Waals surface area contributed by atoms with E-state index in [1.807, 2.05) is 0 Å². The van der Waals surface area contributed by atoms with E-state index in [2.05, 4.69) is 25.4 Å². The van der Waals surface area contributed by atoms with Crippen molar-refractivity contribution in [3.63, 3.8) is 0 Å². The number of allylic oxidation sites excluding steroid dienone is 1. The van der Waals surface area contributed by atoms with Gasteiger partial charge in [0.05, 0.1) is 11.6 Å². The number of likely N-dealkylation sites (N-methyl/N-ethyl adjacent to an activating group) is 1. The van der Waals surface area contributed by atoms with Gasteiger partial charge in [-0.1, -0.05) is 11.6 Å². The molecule has 0 spiro atoms. The zero-order chi connectivity index (χ0) is 11.4. The van der Waals surface area contributed by atoms with Crippen LogP contribution in [0.15, 0.2) is 11.6 Å². The van der Waals surface area contributed by atoms with Crippen molar-refractivity contribution in [2.45, 2.75) is 63.5 Å². The lowest BCUT2D eigenvalue weighted by atomic mass is 9.80. The summed E-state index contributed by atoms with van der Waals surface area (Å²) in [4.78, 5) is 0. The predicted molar refractivity (Wildman–Crippen MR) is 67.6 cm³/mol. The molecule has 1 fully saturated rings. The molecule has 2 heteroatoms. The molecule has 0 saturated carbocycles. The van der Waals surface area contributed by atoms with Crippen LogP contribution in [-0.4, -0.2) is 25.3 Å². The fourth-order valence-corrected chi connectivity index (χ4v) is 3.19. The normalized spacial score (nSPS) is 33.2. The molecule has 1 aliphatic carbocycles. The van der Waals surface area contributed by atoms with E-state index in [4.69, 9.17) is 4.74 Å². The summed E-state index contributed by atoms with van der Waals surface area (Å²) in [5.41, 5.74) is 1.61. The van der Waals surface area contributed by atoms with Gasteiger partial charge in [0, 0.05) is 6.61 Å². The maximum Gasteiger partial charge on any atom is 0.0844 e. The molecule has 1 aliphatic heterocycles. The molecule has 2 rings (SSSR count). The Morgan fingerprint density at radius 3 is 2.75 bits per heavy atom. The summed E-state index contributed by atoms with van der Waals surface area (Å²) in [6, 6.07) is 0.424. The molecule has 0 aromatic carbocycles. The third kappa shape index (κ3) is 2.49. The van der Waals surface area contributed by atoms with Gasteiger partial charge in [0.25, 0.3) is 0 Å². The Labute approximate surface area is 99.4 Å². The van der Waals surface area contributed by atoms with E-state index in [1.165, 1.54) is 44.9 Å². The number of hydrogen-bond donors (Lipinski definition) is 1. The van der Waals surface area contributed by atoms with E-state index in [1.54, 1.807) is 5.57 Å². The van der Waals surface area contributed by atoms with Crippen molar-refractivity contribution in [2.24, 2.45) is 0 Å². The fraction of sp³-hybridized carbons (Fsp3) is 0.857. The van der Waals surface area contributed by atoms with Crippen molar-refractivity contribution < 1.29 is 4.74 Å². The van der Waals surface area contributed by atoms with Crippen LogP contribution < -0.4 is 5.32 Å². The number of hydrogen-bond acceptors (Lipinski definition) is 2. The van der Waals surface area contributed by atoms with Crippen LogP contribution in [0.1, 0.15) is 51.9 Å². The van der Waals surface area contributed by atoms with Gasteiger partial charge in [-0.2, -0.15) is 0 Å². The second-order valence-electron chi connectivity index (χ2n) is 5.36. The predicted octanol–water partition coefficient (Wildman–Crippen LogP) is 3.03. The molecule has 16 heavy (non-hydrogen) atoms. The first-order chi connectivity index (χ1) is 7.76. The van der Waals surface area contributed by atoms with Crippen LogP contribution in [0.25, 0.3) is 0 Å². The molecule has 0 radical (unpaired) electrons. The first-order valence-corrected chi connectivity index (χ1v) is 6.76. The molecular weight excluding hydrogens is 198 g/mol. The third-order valence-electron chi connectivity index (χ3n) is 4.10. The first-order valence-electron chi connectivity index (χ1n) is 6.76. The van der Waals surface area contributed by atoms with Gasteiger partial charge in [-0.15, -0.1) is 0 Å². The average Bonchev–Trinajstić information content (AvgIpc) is 2.32. The average molecular weight is 223 g/mol. The Morgan fingerprint density at radius 2 is 2.19 bits per heavy atom. The standard InChI is InChI=1S/C14H25NO/c1-14(10-6-7-11-16-14)13(15-2)12-8-4-3-5-9-12/h8,13,15H,3-7,9-11H2,1-2H3. The van der Waals surface area contributed by atoms with Crippen LogP contribution in [0.5, 0.6) is 0 Å². The molecule has 0 bridgehead atoms. The maximum absolute atomic E-state index is 6.07. The van der Waals surface area contributed by atoms with Crippen molar-refractivity contribution in [3.05, 3.63) is 11.6 Å². The Balaban J connectivity index is 2.10. The van der Waals surface area contributed by atoms with Gasteiger partial charge in [0.2, 0.25) is 0 Å². The van der Waals surface area contributed by atoms with Crippen LogP contribution in [0.3, 0.4) is 0 Å². The topological polar surface area (TPSA) is 21.3 Å². The van der Waals surface area contributed by atoms with Crippen molar-refractivity contribution in [3.8, 4) is 0 Å². The molecule has 0 amide bonds. The fourth-order valence-electron chi connectivity index (χ4n) is 3.19. The minimum Gasteiger partial charge on any atom is -0.373 e. The van der Waals surface area contributed by atoms with Crippen LogP contribution >= 0.6 is 0 Å². The lowest BCUT2D eigenvalue weighted by molar-refractivity contribution is -0.0805. The van der Waals surface area contributed by atoms with Crippen molar-refractivity contribution in [1.82, 2.24) is 5.32 Å². The number of rotatable bonds is 3. The lowest BCUT2D eigenvalue weighted by Crippen LogP contribution is -2.52. The lowest BCUT2D eigenvalue weighted by Gasteiger charge is -2.42. The van der Waals surface area contributed by atoms with Gasteiger partial charge in [0.1, 0.15) is 0 Å². The summed E-state index contributed by atoms with van der Waals surface area (Å²) in [7, 11) is 2.07. The summed E-state index contributed by atoms with van der Waals surface area (Å²) >= 11 is 0. The van der Waals surface area contributed by atoms with Crippen LogP contribution in [-0.2, 0) is 4.74 Å². The molecule has 2 nitrogen and oxygen atoms in total. The Kier molecular flexibility index (Phi) is 4.04. The van der Waals surface area contributed by atoms with E-state index in [0.717, 1.165) is 6.61 Å². The number of ether oxygens (including phenoxy) is 1. The quantitative estimate of drug-likeness (QED) is 0.743. The summed E-state index contributed by atoms with van der Waals surface area (Å²) in [6.07, 6.45) is 11.4. The van der Waals surface area contributed by atoms with Crippen LogP contribution in [0.4, 0.5) is 0 Å².